The molecule has 2 unspecified atom stereocenters. The van der Waals surface area contributed by atoms with Gasteiger partial charge >= 0.3 is 0 Å². The van der Waals surface area contributed by atoms with E-state index >= 15 is 0 Å². The molecule has 1 heterocycles. The summed E-state index contributed by atoms with van der Waals surface area (Å²) in [7, 11) is 0. The fourth-order valence-corrected chi connectivity index (χ4v) is 2.15. The Labute approximate surface area is 92.4 Å². The minimum atomic E-state index is -2.66. The van der Waals surface area contributed by atoms with Crippen LogP contribution in [0.1, 0.15) is 12.8 Å². The van der Waals surface area contributed by atoms with Gasteiger partial charge in [-0.05, 0) is 0 Å². The summed E-state index contributed by atoms with van der Waals surface area (Å²) in [5.74, 6) is -3.53. The second-order valence-corrected chi connectivity index (χ2v) is 4.69. The summed E-state index contributed by atoms with van der Waals surface area (Å²) in [5, 5.41) is 15.1. The van der Waals surface area contributed by atoms with E-state index in [2.05, 4.69) is 10.6 Å². The van der Waals surface area contributed by atoms with Gasteiger partial charge in [0, 0.05) is 44.3 Å². The lowest BCUT2D eigenvalue weighted by molar-refractivity contribution is -0.150. The monoisotopic (exact) mass is 234 g/mol. The second kappa shape index (κ2) is 4.25. The summed E-state index contributed by atoms with van der Waals surface area (Å²) in [6, 6.07) is 0. The zero-order valence-electron chi connectivity index (χ0n) is 8.88. The Morgan fingerprint density at radius 3 is 2.62 bits per heavy atom. The van der Waals surface area contributed by atoms with Gasteiger partial charge in [-0.1, -0.05) is 0 Å². The van der Waals surface area contributed by atoms with Crippen LogP contribution in [0.2, 0.25) is 0 Å². The molecule has 0 bridgehead atoms. The standard InChI is InChI=1S/C10H16F2N2O2/c11-10(12)1-6(2-10)9(16)14-4-7-3-13-5-8(7)15/h6-8,13,15H,1-5H2,(H,14,16). The Kier molecular flexibility index (Phi) is 3.12. The molecule has 6 heteroatoms. The van der Waals surface area contributed by atoms with E-state index in [1.54, 1.807) is 0 Å². The molecule has 0 aromatic rings. The van der Waals surface area contributed by atoms with E-state index in [-0.39, 0.29) is 24.7 Å². The predicted octanol–water partition coefficient (Wildman–Crippen LogP) is -0.272. The van der Waals surface area contributed by atoms with E-state index in [4.69, 9.17) is 0 Å². The third-order valence-electron chi connectivity index (χ3n) is 3.30. The average Bonchev–Trinajstić information content (AvgIpc) is 2.56. The van der Waals surface area contributed by atoms with Crippen LogP contribution in [0.3, 0.4) is 0 Å². The SMILES string of the molecule is O=C(NCC1CNCC1O)C1CC(F)(F)C1. The van der Waals surface area contributed by atoms with Crippen LogP contribution in [-0.2, 0) is 4.79 Å². The first-order valence-corrected chi connectivity index (χ1v) is 5.52. The van der Waals surface area contributed by atoms with Crippen molar-refractivity contribution in [3.8, 4) is 0 Å². The number of amides is 1. The highest BCUT2D eigenvalue weighted by Gasteiger charge is 2.48. The van der Waals surface area contributed by atoms with Crippen LogP contribution < -0.4 is 10.6 Å². The molecule has 16 heavy (non-hydrogen) atoms. The lowest BCUT2D eigenvalue weighted by Gasteiger charge is -2.33. The lowest BCUT2D eigenvalue weighted by Crippen LogP contribution is -2.46. The Bertz CT molecular complexity index is 278. The molecule has 0 spiro atoms. The van der Waals surface area contributed by atoms with Crippen molar-refractivity contribution >= 4 is 5.91 Å². The lowest BCUT2D eigenvalue weighted by atomic mass is 9.80. The van der Waals surface area contributed by atoms with Crippen molar-refractivity contribution in [2.45, 2.75) is 24.9 Å². The van der Waals surface area contributed by atoms with Gasteiger partial charge in [0.25, 0.3) is 0 Å². The number of carbonyl (C=O) groups excluding carboxylic acids is 1. The number of carbonyl (C=O) groups is 1. The second-order valence-electron chi connectivity index (χ2n) is 4.69. The zero-order valence-corrected chi connectivity index (χ0v) is 8.88. The molecule has 1 saturated heterocycles. The Morgan fingerprint density at radius 2 is 2.12 bits per heavy atom. The first kappa shape index (κ1) is 11.7. The molecule has 4 nitrogen and oxygen atoms in total. The van der Waals surface area contributed by atoms with Gasteiger partial charge in [-0.25, -0.2) is 8.78 Å². The molecule has 2 aliphatic rings. The van der Waals surface area contributed by atoms with E-state index < -0.39 is 17.9 Å². The van der Waals surface area contributed by atoms with Gasteiger partial charge < -0.3 is 15.7 Å². The molecular formula is C10H16F2N2O2. The number of rotatable bonds is 3. The van der Waals surface area contributed by atoms with Crippen molar-refractivity contribution in [3.63, 3.8) is 0 Å². The Balaban J connectivity index is 1.69. The van der Waals surface area contributed by atoms with Crippen LogP contribution in [0.4, 0.5) is 8.78 Å². The van der Waals surface area contributed by atoms with Crippen molar-refractivity contribution in [2.24, 2.45) is 11.8 Å². The number of hydrogen-bond acceptors (Lipinski definition) is 3. The van der Waals surface area contributed by atoms with Crippen LogP contribution in [0.15, 0.2) is 0 Å². The molecule has 92 valence electrons. The normalized spacial score (nSPS) is 33.4. The largest absolute Gasteiger partial charge is 0.391 e. The van der Waals surface area contributed by atoms with Gasteiger partial charge in [0.05, 0.1) is 6.10 Å². The number of aliphatic hydroxyl groups is 1. The van der Waals surface area contributed by atoms with E-state index in [1.807, 2.05) is 0 Å². The number of aliphatic hydroxyl groups excluding tert-OH is 1. The molecule has 0 aromatic heterocycles. The molecule has 1 amide bonds. The number of halogens is 2. The maximum absolute atomic E-state index is 12.5. The molecule has 1 aliphatic heterocycles. The van der Waals surface area contributed by atoms with Gasteiger partial charge in [0.2, 0.25) is 11.8 Å². The van der Waals surface area contributed by atoms with E-state index in [0.717, 1.165) is 0 Å². The fourth-order valence-electron chi connectivity index (χ4n) is 2.15. The maximum atomic E-state index is 12.5. The molecule has 2 fully saturated rings. The van der Waals surface area contributed by atoms with Crippen LogP contribution in [0.25, 0.3) is 0 Å². The topological polar surface area (TPSA) is 61.4 Å². The average molecular weight is 234 g/mol. The first-order chi connectivity index (χ1) is 7.48. The molecule has 0 aromatic carbocycles. The smallest absolute Gasteiger partial charge is 0.249 e. The molecule has 0 radical (unpaired) electrons. The molecule has 1 aliphatic carbocycles. The van der Waals surface area contributed by atoms with E-state index in [9.17, 15) is 18.7 Å². The van der Waals surface area contributed by atoms with Crippen molar-refractivity contribution < 1.29 is 18.7 Å². The van der Waals surface area contributed by atoms with E-state index in [0.29, 0.717) is 19.6 Å². The Morgan fingerprint density at radius 1 is 1.44 bits per heavy atom. The zero-order chi connectivity index (χ0) is 11.8. The summed E-state index contributed by atoms with van der Waals surface area (Å²) in [6.07, 6.45) is -1.14. The summed E-state index contributed by atoms with van der Waals surface area (Å²) < 4.78 is 25.0. The van der Waals surface area contributed by atoms with Crippen molar-refractivity contribution in [1.29, 1.82) is 0 Å². The van der Waals surface area contributed by atoms with Crippen molar-refractivity contribution in [3.05, 3.63) is 0 Å². The quantitative estimate of drug-likeness (QED) is 0.630. The highest BCUT2D eigenvalue weighted by Crippen LogP contribution is 2.42. The summed E-state index contributed by atoms with van der Waals surface area (Å²) in [6.45, 7) is 1.54. The number of nitrogens with one attached hydrogen (secondary N) is 2. The summed E-state index contributed by atoms with van der Waals surface area (Å²) >= 11 is 0. The summed E-state index contributed by atoms with van der Waals surface area (Å²) in [4.78, 5) is 11.4. The van der Waals surface area contributed by atoms with Gasteiger partial charge in [0.15, 0.2) is 0 Å². The molecule has 1 saturated carbocycles. The van der Waals surface area contributed by atoms with Crippen LogP contribution >= 0.6 is 0 Å². The van der Waals surface area contributed by atoms with Gasteiger partial charge in [-0.2, -0.15) is 0 Å². The highest BCUT2D eigenvalue weighted by molar-refractivity contribution is 5.79. The molecule has 3 N–H and O–H groups in total. The number of alkyl halides is 2. The molecule has 2 atom stereocenters. The Hall–Kier alpha value is -0.750. The van der Waals surface area contributed by atoms with Crippen molar-refractivity contribution in [1.82, 2.24) is 10.6 Å². The van der Waals surface area contributed by atoms with E-state index in [1.165, 1.54) is 0 Å². The third kappa shape index (κ3) is 2.49. The van der Waals surface area contributed by atoms with Crippen molar-refractivity contribution in [2.75, 3.05) is 19.6 Å². The number of β-amino-alcohol motifs (C(OH)–C–C–N with tert-alkyl or cyclic N) is 1. The minimum Gasteiger partial charge on any atom is -0.391 e. The predicted molar refractivity (Wildman–Crippen MR) is 53.0 cm³/mol. The molecule has 2 rings (SSSR count). The first-order valence-electron chi connectivity index (χ1n) is 5.52. The van der Waals surface area contributed by atoms with Crippen LogP contribution in [0, 0.1) is 11.8 Å². The summed E-state index contributed by atoms with van der Waals surface area (Å²) in [5.41, 5.74) is 0. The van der Waals surface area contributed by atoms with Gasteiger partial charge in [-0.15, -0.1) is 0 Å². The van der Waals surface area contributed by atoms with Crippen LogP contribution in [-0.4, -0.2) is 42.7 Å². The van der Waals surface area contributed by atoms with Crippen LogP contribution in [0.5, 0.6) is 0 Å². The van der Waals surface area contributed by atoms with Gasteiger partial charge in [-0.3, -0.25) is 4.79 Å². The maximum Gasteiger partial charge on any atom is 0.249 e. The minimum absolute atomic E-state index is 0.00969. The number of hydrogen-bond donors (Lipinski definition) is 3. The van der Waals surface area contributed by atoms with Gasteiger partial charge in [0.1, 0.15) is 0 Å². The highest BCUT2D eigenvalue weighted by atomic mass is 19.3. The molecular weight excluding hydrogens is 218 g/mol. The third-order valence-corrected chi connectivity index (χ3v) is 3.30. The fraction of sp³-hybridized carbons (Fsp3) is 0.900.